The van der Waals surface area contributed by atoms with E-state index >= 15 is 0 Å². The van der Waals surface area contributed by atoms with E-state index in [4.69, 9.17) is 5.73 Å². The van der Waals surface area contributed by atoms with Crippen molar-refractivity contribution >= 4 is 38.4 Å². The fourth-order valence-electron chi connectivity index (χ4n) is 1.78. The van der Waals surface area contributed by atoms with Gasteiger partial charge in [-0.25, -0.2) is 9.97 Å². The molecular formula is C13H11N5OS. The number of amides is 1. The average molecular weight is 285 g/mol. The molecule has 1 amide bonds. The summed E-state index contributed by atoms with van der Waals surface area (Å²) in [5.74, 6) is 0.259. The summed E-state index contributed by atoms with van der Waals surface area (Å²) < 4.78 is 0.977. The predicted octanol–water partition coefficient (Wildman–Crippen LogP) is 2.29. The molecule has 20 heavy (non-hydrogen) atoms. The molecule has 0 aliphatic heterocycles. The maximum absolute atomic E-state index is 11.0. The first kappa shape index (κ1) is 12.5. The quantitative estimate of drug-likeness (QED) is 0.753. The first-order valence-corrected chi connectivity index (χ1v) is 6.69. The number of carbonyl (C=O) groups is 1. The lowest BCUT2D eigenvalue weighted by Gasteiger charge is -2.00. The van der Waals surface area contributed by atoms with Gasteiger partial charge in [0.15, 0.2) is 5.13 Å². The normalized spacial score (nSPS) is 10.7. The molecule has 7 heteroatoms. The van der Waals surface area contributed by atoms with E-state index in [0.29, 0.717) is 10.9 Å². The number of benzene rings is 1. The van der Waals surface area contributed by atoms with E-state index in [1.807, 2.05) is 18.2 Å². The third-order valence-electron chi connectivity index (χ3n) is 2.64. The van der Waals surface area contributed by atoms with Gasteiger partial charge in [0.1, 0.15) is 5.82 Å². The third-order valence-corrected chi connectivity index (χ3v) is 3.57. The number of hydrogen-bond acceptors (Lipinski definition) is 6. The lowest BCUT2D eigenvalue weighted by molar-refractivity contribution is -0.114. The van der Waals surface area contributed by atoms with E-state index < -0.39 is 0 Å². The maximum Gasteiger partial charge on any atom is 0.223 e. The topological polar surface area (TPSA) is 93.8 Å². The molecule has 0 fully saturated rings. The minimum Gasteiger partial charge on any atom is -0.382 e. The molecule has 0 spiro atoms. The van der Waals surface area contributed by atoms with Crippen molar-refractivity contribution in [3.63, 3.8) is 0 Å². The van der Waals surface area contributed by atoms with Crippen LogP contribution in [0.25, 0.3) is 21.5 Å². The number of anilines is 2. The van der Waals surface area contributed by atoms with Crippen molar-refractivity contribution in [1.82, 2.24) is 15.0 Å². The summed E-state index contributed by atoms with van der Waals surface area (Å²) in [4.78, 5) is 23.6. The third kappa shape index (κ3) is 2.43. The monoisotopic (exact) mass is 285 g/mol. The molecule has 0 radical (unpaired) electrons. The zero-order chi connectivity index (χ0) is 14.1. The molecule has 2 aromatic heterocycles. The summed E-state index contributed by atoms with van der Waals surface area (Å²) >= 11 is 1.42. The smallest absolute Gasteiger partial charge is 0.223 e. The average Bonchev–Trinajstić information content (AvgIpc) is 2.79. The van der Waals surface area contributed by atoms with Gasteiger partial charge < -0.3 is 11.1 Å². The minimum atomic E-state index is -0.131. The first-order valence-electron chi connectivity index (χ1n) is 5.88. The Morgan fingerprint density at radius 2 is 2.15 bits per heavy atom. The van der Waals surface area contributed by atoms with Crippen LogP contribution in [0, 0.1) is 0 Å². The molecule has 0 aliphatic carbocycles. The summed E-state index contributed by atoms with van der Waals surface area (Å²) in [6.45, 7) is 1.46. The van der Waals surface area contributed by atoms with Crippen molar-refractivity contribution in [3.05, 3.63) is 30.6 Å². The van der Waals surface area contributed by atoms with Crippen LogP contribution in [0.1, 0.15) is 6.92 Å². The highest BCUT2D eigenvalue weighted by molar-refractivity contribution is 7.22. The van der Waals surface area contributed by atoms with E-state index in [1.165, 1.54) is 24.5 Å². The first-order chi connectivity index (χ1) is 9.61. The van der Waals surface area contributed by atoms with Gasteiger partial charge in [0, 0.05) is 12.5 Å². The number of nitrogen functional groups attached to an aromatic ring is 1. The van der Waals surface area contributed by atoms with Gasteiger partial charge in [0.2, 0.25) is 5.91 Å². The van der Waals surface area contributed by atoms with Crippen LogP contribution in [0.2, 0.25) is 0 Å². The van der Waals surface area contributed by atoms with Gasteiger partial charge in [-0.1, -0.05) is 17.4 Å². The molecule has 0 saturated heterocycles. The van der Waals surface area contributed by atoms with Crippen LogP contribution >= 0.6 is 11.3 Å². The zero-order valence-corrected chi connectivity index (χ0v) is 11.4. The van der Waals surface area contributed by atoms with Crippen LogP contribution in [0.4, 0.5) is 10.9 Å². The van der Waals surface area contributed by atoms with Gasteiger partial charge in [0.25, 0.3) is 0 Å². The Labute approximate surface area is 118 Å². The van der Waals surface area contributed by atoms with E-state index in [-0.39, 0.29) is 5.91 Å². The van der Waals surface area contributed by atoms with Crippen molar-refractivity contribution in [3.8, 4) is 11.3 Å². The maximum atomic E-state index is 11.0. The largest absolute Gasteiger partial charge is 0.382 e. The fraction of sp³-hybridized carbons (Fsp3) is 0.0769. The highest BCUT2D eigenvalue weighted by Crippen LogP contribution is 2.29. The number of carbonyl (C=O) groups excluding carboxylic acids is 1. The van der Waals surface area contributed by atoms with Crippen molar-refractivity contribution in [2.75, 3.05) is 11.1 Å². The van der Waals surface area contributed by atoms with Crippen LogP contribution in [0.3, 0.4) is 0 Å². The molecule has 100 valence electrons. The van der Waals surface area contributed by atoms with Crippen molar-refractivity contribution in [2.45, 2.75) is 6.92 Å². The number of nitrogens with one attached hydrogen (secondary N) is 1. The van der Waals surface area contributed by atoms with Crippen LogP contribution in [0.5, 0.6) is 0 Å². The summed E-state index contributed by atoms with van der Waals surface area (Å²) in [5, 5.41) is 3.28. The summed E-state index contributed by atoms with van der Waals surface area (Å²) in [7, 11) is 0. The van der Waals surface area contributed by atoms with Crippen molar-refractivity contribution in [1.29, 1.82) is 0 Å². The standard InChI is InChI=1S/C13H11N5OS/c1-7(19)17-13-18-9-3-2-8(4-11(9)20-13)10-5-16-12(14)6-15-10/h2-6H,1H3,(H2,14,16)(H,17,18,19). The van der Waals surface area contributed by atoms with Crippen molar-refractivity contribution in [2.24, 2.45) is 0 Å². The van der Waals surface area contributed by atoms with Crippen LogP contribution < -0.4 is 11.1 Å². The molecule has 0 saturated carbocycles. The Balaban J connectivity index is 2.01. The molecule has 3 rings (SSSR count). The number of hydrogen-bond donors (Lipinski definition) is 2. The molecular weight excluding hydrogens is 274 g/mol. The van der Waals surface area contributed by atoms with E-state index in [2.05, 4.69) is 20.3 Å². The summed E-state index contributed by atoms with van der Waals surface area (Å²) in [5.41, 5.74) is 8.04. The predicted molar refractivity (Wildman–Crippen MR) is 79.4 cm³/mol. The second-order valence-electron chi connectivity index (χ2n) is 4.21. The number of aromatic nitrogens is 3. The van der Waals surface area contributed by atoms with Gasteiger partial charge in [-0.05, 0) is 12.1 Å². The van der Waals surface area contributed by atoms with E-state index in [0.717, 1.165) is 21.5 Å². The number of nitrogens with two attached hydrogens (primary N) is 1. The number of thiazole rings is 1. The Kier molecular flexibility index (Phi) is 3.03. The summed E-state index contributed by atoms with van der Waals surface area (Å²) in [6.07, 6.45) is 3.15. The molecule has 2 heterocycles. The van der Waals surface area contributed by atoms with Crippen molar-refractivity contribution < 1.29 is 4.79 Å². The van der Waals surface area contributed by atoms with Crippen LogP contribution in [0.15, 0.2) is 30.6 Å². The molecule has 3 aromatic rings. The van der Waals surface area contributed by atoms with Crippen LogP contribution in [-0.2, 0) is 4.79 Å². The van der Waals surface area contributed by atoms with E-state index in [9.17, 15) is 4.79 Å². The highest BCUT2D eigenvalue weighted by Gasteiger charge is 2.07. The van der Waals surface area contributed by atoms with Crippen LogP contribution in [-0.4, -0.2) is 20.9 Å². The highest BCUT2D eigenvalue weighted by atomic mass is 32.1. The molecule has 0 atom stereocenters. The zero-order valence-electron chi connectivity index (χ0n) is 10.6. The second-order valence-corrected chi connectivity index (χ2v) is 5.24. The Morgan fingerprint density at radius 3 is 2.85 bits per heavy atom. The Hall–Kier alpha value is -2.54. The lowest BCUT2D eigenvalue weighted by atomic mass is 10.1. The lowest BCUT2D eigenvalue weighted by Crippen LogP contribution is -2.04. The van der Waals surface area contributed by atoms with Gasteiger partial charge in [0.05, 0.1) is 28.3 Å². The molecule has 0 bridgehead atoms. The minimum absolute atomic E-state index is 0.131. The number of rotatable bonds is 2. The van der Waals surface area contributed by atoms with Gasteiger partial charge in [-0.2, -0.15) is 0 Å². The molecule has 6 nitrogen and oxygen atoms in total. The van der Waals surface area contributed by atoms with Gasteiger partial charge in [-0.15, -0.1) is 0 Å². The van der Waals surface area contributed by atoms with E-state index in [1.54, 1.807) is 6.20 Å². The fourth-order valence-corrected chi connectivity index (χ4v) is 2.73. The van der Waals surface area contributed by atoms with Gasteiger partial charge in [-0.3, -0.25) is 9.78 Å². The SMILES string of the molecule is CC(=O)Nc1nc2ccc(-c3cnc(N)cn3)cc2s1. The van der Waals surface area contributed by atoms with Gasteiger partial charge >= 0.3 is 0 Å². The number of nitrogens with zero attached hydrogens (tertiary/aromatic N) is 3. The Bertz CT molecular complexity index is 781. The number of fused-ring (bicyclic) bond motifs is 1. The molecule has 1 aromatic carbocycles. The second kappa shape index (κ2) is 4.86. The Morgan fingerprint density at radius 1 is 1.30 bits per heavy atom. The molecule has 0 unspecified atom stereocenters. The molecule has 3 N–H and O–H groups in total. The molecule has 0 aliphatic rings. The summed E-state index contributed by atoms with van der Waals surface area (Å²) in [6, 6.07) is 5.78.